The van der Waals surface area contributed by atoms with Gasteiger partial charge in [0.15, 0.2) is 0 Å². The molecular formula is C15H15N3O. The number of rotatable bonds is 4. The maximum absolute atomic E-state index is 9.08. The van der Waals surface area contributed by atoms with Crippen LogP contribution in [0.3, 0.4) is 0 Å². The first-order valence-electron chi connectivity index (χ1n) is 5.90. The minimum Gasteiger partial charge on any atom is -0.439 e. The van der Waals surface area contributed by atoms with Gasteiger partial charge in [-0.15, -0.1) is 6.58 Å². The van der Waals surface area contributed by atoms with Gasteiger partial charge in [-0.3, -0.25) is 4.57 Å². The molecule has 0 aliphatic heterocycles. The molecule has 0 unspecified atom stereocenters. The van der Waals surface area contributed by atoms with Gasteiger partial charge in [0, 0.05) is 12.6 Å². The van der Waals surface area contributed by atoms with Gasteiger partial charge in [-0.2, -0.15) is 5.26 Å². The number of anilines is 1. The van der Waals surface area contributed by atoms with Crippen LogP contribution >= 0.6 is 0 Å². The first-order valence-corrected chi connectivity index (χ1v) is 5.90. The molecular weight excluding hydrogens is 238 g/mol. The molecule has 0 spiro atoms. The van der Waals surface area contributed by atoms with Crippen LogP contribution in [0.2, 0.25) is 0 Å². The van der Waals surface area contributed by atoms with Crippen molar-refractivity contribution in [1.82, 2.24) is 4.57 Å². The van der Waals surface area contributed by atoms with Crippen LogP contribution in [0.1, 0.15) is 11.3 Å². The summed E-state index contributed by atoms with van der Waals surface area (Å²) in [5, 5.41) is 9.08. The van der Waals surface area contributed by atoms with Gasteiger partial charge in [0.05, 0.1) is 5.69 Å². The van der Waals surface area contributed by atoms with Gasteiger partial charge in [0.25, 0.3) is 0 Å². The van der Waals surface area contributed by atoms with Crippen LogP contribution in [-0.2, 0) is 6.54 Å². The van der Waals surface area contributed by atoms with Crippen molar-refractivity contribution in [3.05, 3.63) is 54.2 Å². The smallest absolute Gasteiger partial charge is 0.224 e. The fourth-order valence-electron chi connectivity index (χ4n) is 1.86. The lowest BCUT2D eigenvalue weighted by Gasteiger charge is -2.11. The minimum absolute atomic E-state index is 0.444. The third kappa shape index (κ3) is 2.61. The molecule has 0 bridgehead atoms. The molecule has 1 aromatic carbocycles. The van der Waals surface area contributed by atoms with E-state index in [1.807, 2.05) is 31.2 Å². The van der Waals surface area contributed by atoms with Gasteiger partial charge in [0.1, 0.15) is 17.5 Å². The summed E-state index contributed by atoms with van der Waals surface area (Å²) in [6, 6.07) is 11.4. The monoisotopic (exact) mass is 253 g/mol. The maximum atomic E-state index is 9.08. The number of hydrogen-bond acceptors (Lipinski definition) is 3. The molecule has 2 aromatic rings. The summed E-state index contributed by atoms with van der Waals surface area (Å²) < 4.78 is 7.49. The molecule has 0 saturated carbocycles. The first-order chi connectivity index (χ1) is 9.15. The van der Waals surface area contributed by atoms with Gasteiger partial charge < -0.3 is 10.5 Å². The Kier molecular flexibility index (Phi) is 3.58. The summed E-state index contributed by atoms with van der Waals surface area (Å²) in [6.45, 7) is 6.14. The number of ether oxygens (including phenoxy) is 1. The van der Waals surface area contributed by atoms with Crippen molar-refractivity contribution in [3.8, 4) is 17.7 Å². The molecule has 96 valence electrons. The quantitative estimate of drug-likeness (QED) is 0.851. The number of aromatic nitrogens is 1. The summed E-state index contributed by atoms with van der Waals surface area (Å²) in [6.07, 6.45) is 1.70. The van der Waals surface area contributed by atoms with E-state index in [9.17, 15) is 0 Å². The Labute approximate surface area is 112 Å². The van der Waals surface area contributed by atoms with E-state index in [-0.39, 0.29) is 0 Å². The summed E-state index contributed by atoms with van der Waals surface area (Å²) in [5.74, 6) is 1.17. The van der Waals surface area contributed by atoms with E-state index < -0.39 is 0 Å². The molecule has 0 radical (unpaired) electrons. The molecule has 4 nitrogen and oxygen atoms in total. The number of allylic oxidation sites excluding steroid dienone is 1. The molecule has 19 heavy (non-hydrogen) atoms. The van der Waals surface area contributed by atoms with Crippen molar-refractivity contribution in [2.75, 3.05) is 5.73 Å². The molecule has 4 heteroatoms. The normalized spacial score (nSPS) is 9.89. The Balaban J connectivity index is 2.42. The average molecular weight is 253 g/mol. The number of nitrogens with two attached hydrogens (primary N) is 1. The van der Waals surface area contributed by atoms with Crippen molar-refractivity contribution < 1.29 is 4.74 Å². The number of aryl methyl sites for hydroxylation is 1. The van der Waals surface area contributed by atoms with Crippen LogP contribution < -0.4 is 10.5 Å². The Bertz CT molecular complexity index is 650. The van der Waals surface area contributed by atoms with E-state index in [1.165, 1.54) is 0 Å². The maximum Gasteiger partial charge on any atom is 0.224 e. The third-order valence-corrected chi connectivity index (χ3v) is 2.71. The standard InChI is InChI=1S/C15H15N3O/c1-3-7-18-12(10-16)9-14(17)15(18)19-13-6-4-5-11(2)8-13/h3-6,8-9H,1,7,17H2,2H3. The molecule has 2 rings (SSSR count). The fraction of sp³-hybridized carbons (Fsp3) is 0.133. The van der Waals surface area contributed by atoms with Gasteiger partial charge >= 0.3 is 0 Å². The molecule has 2 N–H and O–H groups in total. The van der Waals surface area contributed by atoms with Crippen LogP contribution in [0.15, 0.2) is 43.0 Å². The van der Waals surface area contributed by atoms with Crippen molar-refractivity contribution in [1.29, 1.82) is 5.26 Å². The van der Waals surface area contributed by atoms with E-state index in [1.54, 1.807) is 16.7 Å². The van der Waals surface area contributed by atoms with Gasteiger partial charge in [-0.05, 0) is 24.6 Å². The Hall–Kier alpha value is -2.67. The van der Waals surface area contributed by atoms with Crippen molar-refractivity contribution >= 4 is 5.69 Å². The molecule has 0 atom stereocenters. The van der Waals surface area contributed by atoms with Crippen molar-refractivity contribution in [2.24, 2.45) is 0 Å². The van der Waals surface area contributed by atoms with E-state index in [2.05, 4.69) is 12.6 Å². The first kappa shape index (κ1) is 12.8. The highest BCUT2D eigenvalue weighted by Crippen LogP contribution is 2.31. The van der Waals surface area contributed by atoms with Crippen LogP contribution in [-0.4, -0.2) is 4.57 Å². The highest BCUT2D eigenvalue weighted by molar-refractivity contribution is 5.56. The highest BCUT2D eigenvalue weighted by atomic mass is 16.5. The Morgan fingerprint density at radius 2 is 2.26 bits per heavy atom. The third-order valence-electron chi connectivity index (χ3n) is 2.71. The zero-order valence-corrected chi connectivity index (χ0v) is 10.8. The highest BCUT2D eigenvalue weighted by Gasteiger charge is 2.14. The van der Waals surface area contributed by atoms with E-state index in [0.717, 1.165) is 5.56 Å². The van der Waals surface area contributed by atoms with Gasteiger partial charge in [-0.25, -0.2) is 0 Å². The van der Waals surface area contributed by atoms with Crippen molar-refractivity contribution in [3.63, 3.8) is 0 Å². The zero-order valence-electron chi connectivity index (χ0n) is 10.8. The molecule has 0 amide bonds. The predicted octanol–water partition coefficient (Wildman–Crippen LogP) is 3.23. The summed E-state index contributed by atoms with van der Waals surface area (Å²) in [5.41, 5.74) is 7.90. The fourth-order valence-corrected chi connectivity index (χ4v) is 1.86. The number of hydrogen-bond donors (Lipinski definition) is 1. The van der Waals surface area contributed by atoms with Gasteiger partial charge in [-0.1, -0.05) is 18.2 Å². The van der Waals surface area contributed by atoms with E-state index >= 15 is 0 Å². The molecule has 0 aliphatic rings. The summed E-state index contributed by atoms with van der Waals surface area (Å²) in [7, 11) is 0. The molecule has 0 fully saturated rings. The summed E-state index contributed by atoms with van der Waals surface area (Å²) in [4.78, 5) is 0. The summed E-state index contributed by atoms with van der Waals surface area (Å²) >= 11 is 0. The second-order valence-electron chi connectivity index (χ2n) is 4.22. The minimum atomic E-state index is 0.444. The SMILES string of the molecule is C=CCn1c(C#N)cc(N)c1Oc1cccc(C)c1. The van der Waals surface area contributed by atoms with Crippen molar-refractivity contribution in [2.45, 2.75) is 13.5 Å². The number of nitrogen functional groups attached to an aromatic ring is 1. The topological polar surface area (TPSA) is 64.0 Å². The Morgan fingerprint density at radius 3 is 2.89 bits per heavy atom. The van der Waals surface area contributed by atoms with Gasteiger partial charge in [0.2, 0.25) is 5.88 Å². The molecule has 1 heterocycles. The number of benzene rings is 1. The molecule has 0 saturated heterocycles. The Morgan fingerprint density at radius 1 is 1.47 bits per heavy atom. The van der Waals surface area contributed by atoms with Crippen LogP contribution in [0.25, 0.3) is 0 Å². The lowest BCUT2D eigenvalue weighted by atomic mass is 10.2. The average Bonchev–Trinajstić information content (AvgIpc) is 2.67. The molecule has 1 aromatic heterocycles. The lowest BCUT2D eigenvalue weighted by molar-refractivity contribution is 0.438. The molecule has 0 aliphatic carbocycles. The lowest BCUT2D eigenvalue weighted by Crippen LogP contribution is -2.02. The zero-order chi connectivity index (χ0) is 13.8. The number of nitrogens with zero attached hydrogens (tertiary/aromatic N) is 2. The second-order valence-corrected chi connectivity index (χ2v) is 4.22. The van der Waals surface area contributed by atoms with Crippen LogP contribution in [0.5, 0.6) is 11.6 Å². The number of nitriles is 1. The largest absolute Gasteiger partial charge is 0.439 e. The second kappa shape index (κ2) is 5.32. The van der Waals surface area contributed by atoms with Crippen LogP contribution in [0.4, 0.5) is 5.69 Å². The van der Waals surface area contributed by atoms with E-state index in [0.29, 0.717) is 29.6 Å². The van der Waals surface area contributed by atoms with E-state index in [4.69, 9.17) is 15.7 Å². The van der Waals surface area contributed by atoms with Crippen LogP contribution in [0, 0.1) is 18.3 Å². The predicted molar refractivity (Wildman–Crippen MR) is 75.0 cm³/mol.